The minimum absolute atomic E-state index is 0.0180. The molecule has 4 heteroatoms. The number of rotatable bonds is 1. The quantitative estimate of drug-likeness (QED) is 0.741. The Morgan fingerprint density at radius 2 is 1.90 bits per heavy atom. The van der Waals surface area contributed by atoms with Crippen molar-refractivity contribution in [3.8, 4) is 11.4 Å². The van der Waals surface area contributed by atoms with Crippen molar-refractivity contribution in [1.29, 1.82) is 0 Å². The summed E-state index contributed by atoms with van der Waals surface area (Å²) >= 11 is 0. The molecule has 1 aromatic heterocycles. The van der Waals surface area contributed by atoms with E-state index in [1.165, 1.54) is 0 Å². The van der Waals surface area contributed by atoms with Crippen LogP contribution in [0, 0.1) is 0 Å². The third-order valence-electron chi connectivity index (χ3n) is 4.00. The Kier molecular flexibility index (Phi) is 2.57. The monoisotopic (exact) mass is 277 g/mol. The molecule has 0 bridgehead atoms. The second kappa shape index (κ2) is 4.45. The van der Waals surface area contributed by atoms with Crippen LogP contribution in [0.3, 0.4) is 0 Å². The van der Waals surface area contributed by atoms with Crippen LogP contribution in [0.15, 0.2) is 53.3 Å². The molecule has 4 nitrogen and oxygen atoms in total. The lowest BCUT2D eigenvalue weighted by Gasteiger charge is -2.30. The molecule has 21 heavy (non-hydrogen) atoms. The highest BCUT2D eigenvalue weighted by Crippen LogP contribution is 2.35. The van der Waals surface area contributed by atoms with E-state index in [9.17, 15) is 4.79 Å². The number of fused-ring (bicyclic) bond motifs is 4. The molecule has 0 saturated heterocycles. The van der Waals surface area contributed by atoms with Crippen LogP contribution >= 0.6 is 0 Å². The first-order valence-corrected chi connectivity index (χ1v) is 7.17. The van der Waals surface area contributed by atoms with Gasteiger partial charge in [-0.05, 0) is 30.7 Å². The van der Waals surface area contributed by atoms with Crippen LogP contribution < -0.4 is 10.9 Å². The molecule has 0 amide bonds. The lowest BCUT2D eigenvalue weighted by molar-refractivity contribution is 0.523. The maximum absolute atomic E-state index is 12.8. The predicted molar refractivity (Wildman–Crippen MR) is 84.4 cm³/mol. The summed E-state index contributed by atoms with van der Waals surface area (Å²) in [5, 5.41) is 4.10. The fourth-order valence-electron chi connectivity index (χ4n) is 2.96. The van der Waals surface area contributed by atoms with Crippen LogP contribution in [0.5, 0.6) is 0 Å². The first kappa shape index (κ1) is 12.1. The third kappa shape index (κ3) is 1.69. The zero-order valence-electron chi connectivity index (χ0n) is 11.7. The van der Waals surface area contributed by atoms with E-state index < -0.39 is 0 Å². The van der Waals surface area contributed by atoms with E-state index in [-0.39, 0.29) is 11.7 Å². The van der Waals surface area contributed by atoms with Gasteiger partial charge in [-0.15, -0.1) is 0 Å². The van der Waals surface area contributed by atoms with Gasteiger partial charge in [-0.2, -0.15) is 0 Å². The summed E-state index contributed by atoms with van der Waals surface area (Å²) in [4.78, 5) is 17.6. The SMILES string of the molecule is CCC1Nc2ccccc2-c2nc3ccccc3c(=O)n21. The lowest BCUT2D eigenvalue weighted by atomic mass is 10.1. The van der Waals surface area contributed by atoms with Gasteiger partial charge in [-0.1, -0.05) is 31.2 Å². The van der Waals surface area contributed by atoms with E-state index in [1.54, 1.807) is 4.57 Å². The summed E-state index contributed by atoms with van der Waals surface area (Å²) < 4.78 is 1.78. The molecule has 1 N–H and O–H groups in total. The van der Waals surface area contributed by atoms with Gasteiger partial charge >= 0.3 is 0 Å². The summed E-state index contributed by atoms with van der Waals surface area (Å²) in [5.74, 6) is 0.750. The second-order valence-corrected chi connectivity index (χ2v) is 5.24. The largest absolute Gasteiger partial charge is 0.364 e. The highest BCUT2D eigenvalue weighted by molar-refractivity contribution is 5.83. The van der Waals surface area contributed by atoms with Gasteiger partial charge in [-0.25, -0.2) is 4.98 Å². The number of benzene rings is 2. The molecule has 2 heterocycles. The van der Waals surface area contributed by atoms with Crippen molar-refractivity contribution in [1.82, 2.24) is 9.55 Å². The Morgan fingerprint density at radius 3 is 2.76 bits per heavy atom. The van der Waals surface area contributed by atoms with Crippen molar-refractivity contribution < 1.29 is 0 Å². The molecular weight excluding hydrogens is 262 g/mol. The maximum Gasteiger partial charge on any atom is 0.263 e. The van der Waals surface area contributed by atoms with Gasteiger partial charge in [0.05, 0.1) is 10.9 Å². The van der Waals surface area contributed by atoms with Crippen molar-refractivity contribution in [2.24, 2.45) is 0 Å². The molecule has 1 unspecified atom stereocenters. The Hall–Kier alpha value is -2.62. The molecule has 0 aliphatic carbocycles. The summed E-state index contributed by atoms with van der Waals surface area (Å²) in [6.45, 7) is 2.07. The van der Waals surface area contributed by atoms with E-state index in [0.29, 0.717) is 5.39 Å². The molecule has 104 valence electrons. The van der Waals surface area contributed by atoms with Crippen molar-refractivity contribution >= 4 is 16.6 Å². The fourth-order valence-corrected chi connectivity index (χ4v) is 2.96. The fraction of sp³-hybridized carbons (Fsp3) is 0.176. The standard InChI is InChI=1S/C17H15N3O/c1-2-15-18-13-9-5-3-7-11(13)16-19-14-10-6-4-8-12(14)17(21)20(15)16/h3-10,15,18H,2H2,1H3. The number of nitrogens with one attached hydrogen (secondary N) is 1. The first-order valence-electron chi connectivity index (χ1n) is 7.17. The summed E-state index contributed by atoms with van der Waals surface area (Å²) in [6.07, 6.45) is 0.765. The van der Waals surface area contributed by atoms with E-state index in [2.05, 4.69) is 12.2 Å². The van der Waals surface area contributed by atoms with Crippen LogP contribution in [0.25, 0.3) is 22.3 Å². The van der Waals surface area contributed by atoms with Crippen LogP contribution in [0.2, 0.25) is 0 Å². The number of nitrogens with zero attached hydrogens (tertiary/aromatic N) is 2. The van der Waals surface area contributed by atoms with Crippen LogP contribution in [0.1, 0.15) is 19.5 Å². The average Bonchev–Trinajstić information content (AvgIpc) is 2.54. The van der Waals surface area contributed by atoms with E-state index in [0.717, 1.165) is 29.0 Å². The van der Waals surface area contributed by atoms with Gasteiger partial charge in [0.25, 0.3) is 5.56 Å². The Bertz CT molecular complexity index is 898. The normalized spacial score (nSPS) is 16.1. The molecule has 0 spiro atoms. The topological polar surface area (TPSA) is 46.9 Å². The van der Waals surface area contributed by atoms with E-state index >= 15 is 0 Å². The highest BCUT2D eigenvalue weighted by atomic mass is 16.1. The van der Waals surface area contributed by atoms with Gasteiger partial charge < -0.3 is 5.32 Å². The molecule has 3 aromatic rings. The highest BCUT2D eigenvalue weighted by Gasteiger charge is 2.25. The summed E-state index contributed by atoms with van der Waals surface area (Å²) in [5.41, 5.74) is 2.78. The average molecular weight is 277 g/mol. The first-order chi connectivity index (χ1) is 10.3. The van der Waals surface area contributed by atoms with Gasteiger partial charge in [0.2, 0.25) is 0 Å². The van der Waals surface area contributed by atoms with Crippen molar-refractivity contribution in [3.05, 3.63) is 58.9 Å². The summed E-state index contributed by atoms with van der Waals surface area (Å²) in [7, 11) is 0. The molecule has 4 rings (SSSR count). The van der Waals surface area contributed by atoms with Crippen molar-refractivity contribution in [2.45, 2.75) is 19.5 Å². The Balaban J connectivity index is 2.14. The van der Waals surface area contributed by atoms with Gasteiger partial charge in [0.15, 0.2) is 0 Å². The number of anilines is 1. The van der Waals surface area contributed by atoms with Crippen molar-refractivity contribution in [3.63, 3.8) is 0 Å². The van der Waals surface area contributed by atoms with Gasteiger partial charge in [0.1, 0.15) is 12.0 Å². The number of hydrogen-bond donors (Lipinski definition) is 1. The van der Waals surface area contributed by atoms with E-state index in [4.69, 9.17) is 4.98 Å². The molecule has 1 aliphatic rings. The van der Waals surface area contributed by atoms with Crippen molar-refractivity contribution in [2.75, 3.05) is 5.32 Å². The molecule has 2 aromatic carbocycles. The maximum atomic E-state index is 12.8. The Morgan fingerprint density at radius 1 is 1.14 bits per heavy atom. The van der Waals surface area contributed by atoms with Gasteiger partial charge in [-0.3, -0.25) is 9.36 Å². The zero-order valence-corrected chi connectivity index (χ0v) is 11.7. The lowest BCUT2D eigenvalue weighted by Crippen LogP contribution is -2.34. The molecule has 0 radical (unpaired) electrons. The van der Waals surface area contributed by atoms with E-state index in [1.807, 2.05) is 48.5 Å². The molecule has 1 atom stereocenters. The van der Waals surface area contributed by atoms with Crippen LogP contribution in [-0.4, -0.2) is 9.55 Å². The third-order valence-corrected chi connectivity index (χ3v) is 4.00. The molecule has 0 saturated carbocycles. The molecule has 0 fully saturated rings. The molecular formula is C17H15N3O. The number of aromatic nitrogens is 2. The minimum atomic E-state index is -0.0560. The number of para-hydroxylation sites is 2. The van der Waals surface area contributed by atoms with Crippen LogP contribution in [-0.2, 0) is 0 Å². The van der Waals surface area contributed by atoms with Crippen LogP contribution in [0.4, 0.5) is 5.69 Å². The Labute approximate surface area is 122 Å². The summed E-state index contributed by atoms with van der Waals surface area (Å²) in [6, 6.07) is 15.5. The molecule has 1 aliphatic heterocycles. The number of hydrogen-bond acceptors (Lipinski definition) is 3. The predicted octanol–water partition coefficient (Wildman–Crippen LogP) is 3.40. The smallest absolute Gasteiger partial charge is 0.263 e. The van der Waals surface area contributed by atoms with Gasteiger partial charge in [0, 0.05) is 11.3 Å². The second-order valence-electron chi connectivity index (χ2n) is 5.24. The minimum Gasteiger partial charge on any atom is -0.364 e. The zero-order chi connectivity index (χ0) is 14.4.